The molecule has 0 atom stereocenters. The van der Waals surface area contributed by atoms with Crippen molar-refractivity contribution in [3.05, 3.63) is 66.2 Å². The summed E-state index contributed by atoms with van der Waals surface area (Å²) < 4.78 is 11.4. The van der Waals surface area contributed by atoms with Gasteiger partial charge in [0.25, 0.3) is 0 Å². The van der Waals surface area contributed by atoms with Crippen LogP contribution in [0.2, 0.25) is 0 Å². The van der Waals surface area contributed by atoms with E-state index in [0.29, 0.717) is 22.7 Å². The van der Waals surface area contributed by atoms with Crippen molar-refractivity contribution in [2.45, 2.75) is 6.92 Å². The molecule has 0 bridgehead atoms. The molecule has 6 nitrogen and oxygen atoms in total. The molecule has 0 fully saturated rings. The molecule has 0 saturated carbocycles. The second-order valence-corrected chi connectivity index (χ2v) is 6.68. The molecule has 2 N–H and O–H groups in total. The summed E-state index contributed by atoms with van der Waals surface area (Å²) in [6, 6.07) is 18.3. The largest absolute Gasteiger partial charge is 0.495 e. The molecular formula is C23H20N2O4. The van der Waals surface area contributed by atoms with E-state index in [1.807, 2.05) is 36.4 Å². The number of furan rings is 1. The van der Waals surface area contributed by atoms with E-state index in [1.54, 1.807) is 31.4 Å². The average molecular weight is 388 g/mol. The number of anilines is 2. The number of ether oxygens (including phenoxy) is 1. The van der Waals surface area contributed by atoms with Crippen molar-refractivity contribution in [1.29, 1.82) is 0 Å². The fourth-order valence-electron chi connectivity index (χ4n) is 3.23. The Bertz CT molecular complexity index is 1210. The molecule has 1 aromatic heterocycles. The number of fused-ring (bicyclic) bond motifs is 3. The smallest absolute Gasteiger partial charge is 0.243 e. The lowest BCUT2D eigenvalue weighted by Gasteiger charge is -2.12. The van der Waals surface area contributed by atoms with Gasteiger partial charge in [-0.1, -0.05) is 18.2 Å². The summed E-state index contributed by atoms with van der Waals surface area (Å²) in [4.78, 5) is 23.6. The zero-order valence-electron chi connectivity index (χ0n) is 16.1. The number of hydrogen-bond acceptors (Lipinski definition) is 5. The van der Waals surface area contributed by atoms with Crippen LogP contribution >= 0.6 is 0 Å². The zero-order chi connectivity index (χ0) is 20.4. The zero-order valence-corrected chi connectivity index (χ0v) is 16.1. The summed E-state index contributed by atoms with van der Waals surface area (Å²) in [5.74, 6) is 0.396. The first-order chi connectivity index (χ1) is 14.0. The number of Topliss-reactive ketones (excluding diaryl/α,β-unsaturated/α-hetero) is 1. The Hall–Kier alpha value is -3.80. The highest BCUT2D eigenvalue weighted by molar-refractivity contribution is 6.07. The fraction of sp³-hybridized carbons (Fsp3) is 0.130. The van der Waals surface area contributed by atoms with Gasteiger partial charge in [-0.2, -0.15) is 0 Å². The molecule has 1 amide bonds. The number of para-hydroxylation sites is 1. The number of hydrogen-bond donors (Lipinski definition) is 2. The summed E-state index contributed by atoms with van der Waals surface area (Å²) in [6.45, 7) is 1.56. The maximum Gasteiger partial charge on any atom is 0.243 e. The van der Waals surface area contributed by atoms with Gasteiger partial charge in [0.05, 0.1) is 19.3 Å². The van der Waals surface area contributed by atoms with Crippen molar-refractivity contribution in [3.63, 3.8) is 0 Å². The Morgan fingerprint density at radius 3 is 2.45 bits per heavy atom. The van der Waals surface area contributed by atoms with Crippen LogP contribution in [0.4, 0.5) is 11.4 Å². The van der Waals surface area contributed by atoms with Crippen molar-refractivity contribution < 1.29 is 18.7 Å². The van der Waals surface area contributed by atoms with Gasteiger partial charge in [-0.15, -0.1) is 0 Å². The van der Waals surface area contributed by atoms with E-state index >= 15 is 0 Å². The van der Waals surface area contributed by atoms with E-state index in [4.69, 9.17) is 9.15 Å². The quantitative estimate of drug-likeness (QED) is 0.462. The molecule has 4 aromatic rings. The number of carbonyl (C=O) groups excluding carboxylic acids is 2. The summed E-state index contributed by atoms with van der Waals surface area (Å²) in [5, 5.41) is 7.87. The predicted molar refractivity (Wildman–Crippen MR) is 114 cm³/mol. The average Bonchev–Trinajstić information content (AvgIpc) is 3.09. The van der Waals surface area contributed by atoms with Crippen molar-refractivity contribution in [3.8, 4) is 5.75 Å². The highest BCUT2D eigenvalue weighted by Gasteiger charge is 2.13. The molecule has 1 heterocycles. The molecular weight excluding hydrogens is 368 g/mol. The lowest BCUT2D eigenvalue weighted by atomic mass is 10.1. The maximum atomic E-state index is 12.3. The van der Waals surface area contributed by atoms with Crippen molar-refractivity contribution in [2.24, 2.45) is 0 Å². The number of nitrogens with one attached hydrogen (secondary N) is 2. The van der Waals surface area contributed by atoms with Gasteiger partial charge >= 0.3 is 0 Å². The van der Waals surface area contributed by atoms with E-state index in [2.05, 4.69) is 10.6 Å². The van der Waals surface area contributed by atoms with Crippen molar-refractivity contribution in [1.82, 2.24) is 0 Å². The van der Waals surface area contributed by atoms with Crippen LogP contribution in [0.5, 0.6) is 5.75 Å². The number of rotatable bonds is 6. The number of benzene rings is 3. The van der Waals surface area contributed by atoms with Crippen LogP contribution in [0.3, 0.4) is 0 Å². The molecule has 4 rings (SSSR count). The van der Waals surface area contributed by atoms with Gasteiger partial charge in [0.2, 0.25) is 5.91 Å². The molecule has 3 aromatic carbocycles. The number of carbonyl (C=O) groups is 2. The first kappa shape index (κ1) is 18.6. The van der Waals surface area contributed by atoms with Gasteiger partial charge in [0.1, 0.15) is 16.9 Å². The summed E-state index contributed by atoms with van der Waals surface area (Å²) in [5.41, 5.74) is 3.41. The monoisotopic (exact) mass is 388 g/mol. The van der Waals surface area contributed by atoms with Crippen LogP contribution in [-0.4, -0.2) is 25.3 Å². The molecule has 0 aliphatic carbocycles. The van der Waals surface area contributed by atoms with Crippen LogP contribution in [0.15, 0.2) is 65.1 Å². The van der Waals surface area contributed by atoms with E-state index in [0.717, 1.165) is 21.9 Å². The highest BCUT2D eigenvalue weighted by atomic mass is 16.5. The van der Waals surface area contributed by atoms with E-state index < -0.39 is 0 Å². The lowest BCUT2D eigenvalue weighted by Crippen LogP contribution is -2.22. The molecule has 0 aliphatic rings. The number of amides is 1. The molecule has 0 radical (unpaired) electrons. The van der Waals surface area contributed by atoms with Gasteiger partial charge in [0.15, 0.2) is 5.78 Å². The molecule has 29 heavy (non-hydrogen) atoms. The fourth-order valence-corrected chi connectivity index (χ4v) is 3.23. The molecule has 0 unspecified atom stereocenters. The minimum atomic E-state index is -0.215. The Labute approximate surface area is 167 Å². The molecule has 6 heteroatoms. The Balaban J connectivity index is 1.50. The van der Waals surface area contributed by atoms with Crippen LogP contribution in [-0.2, 0) is 4.79 Å². The van der Waals surface area contributed by atoms with Gasteiger partial charge in [-0.05, 0) is 43.3 Å². The second kappa shape index (κ2) is 7.67. The van der Waals surface area contributed by atoms with Gasteiger partial charge in [-0.25, -0.2) is 0 Å². The molecule has 146 valence electrons. The lowest BCUT2D eigenvalue weighted by molar-refractivity contribution is -0.114. The highest BCUT2D eigenvalue weighted by Crippen LogP contribution is 2.36. The third-order valence-electron chi connectivity index (χ3n) is 4.71. The Morgan fingerprint density at radius 2 is 1.72 bits per heavy atom. The van der Waals surface area contributed by atoms with Crippen molar-refractivity contribution in [2.75, 3.05) is 24.3 Å². The van der Waals surface area contributed by atoms with Crippen LogP contribution in [0.1, 0.15) is 17.3 Å². The summed E-state index contributed by atoms with van der Waals surface area (Å²) >= 11 is 0. The second-order valence-electron chi connectivity index (χ2n) is 6.68. The first-order valence-corrected chi connectivity index (χ1v) is 9.19. The molecule has 0 aliphatic heterocycles. The normalized spacial score (nSPS) is 10.8. The standard InChI is InChI=1S/C23H20N2O4/c1-14(26)15-7-9-16(10-8-15)25-23(27)13-24-19-12-21-18(11-22(19)28-2)17-5-3-4-6-20(17)29-21/h3-12,24H,13H2,1-2H3,(H,25,27). The molecule has 0 saturated heterocycles. The number of ketones is 1. The topological polar surface area (TPSA) is 80.6 Å². The minimum absolute atomic E-state index is 0.0161. The maximum absolute atomic E-state index is 12.3. The Morgan fingerprint density at radius 1 is 0.966 bits per heavy atom. The Kier molecular flexibility index (Phi) is 4.91. The van der Waals surface area contributed by atoms with Gasteiger partial charge < -0.3 is 19.8 Å². The summed E-state index contributed by atoms with van der Waals surface area (Å²) in [7, 11) is 1.59. The van der Waals surface area contributed by atoms with Crippen molar-refractivity contribution >= 4 is 45.0 Å². The minimum Gasteiger partial charge on any atom is -0.495 e. The van der Waals surface area contributed by atoms with Crippen LogP contribution < -0.4 is 15.4 Å². The van der Waals surface area contributed by atoms with Crippen LogP contribution in [0.25, 0.3) is 21.9 Å². The van der Waals surface area contributed by atoms with E-state index in [9.17, 15) is 9.59 Å². The first-order valence-electron chi connectivity index (χ1n) is 9.19. The van der Waals surface area contributed by atoms with E-state index in [-0.39, 0.29) is 18.2 Å². The van der Waals surface area contributed by atoms with Gasteiger partial charge in [-0.3, -0.25) is 9.59 Å². The van der Waals surface area contributed by atoms with Gasteiger partial charge in [0, 0.05) is 28.1 Å². The summed E-state index contributed by atoms with van der Waals surface area (Å²) in [6.07, 6.45) is 0. The van der Waals surface area contributed by atoms with E-state index in [1.165, 1.54) is 6.92 Å². The SMILES string of the molecule is COc1cc2c(cc1NCC(=O)Nc1ccc(C(C)=O)cc1)oc1ccccc12. The van der Waals surface area contributed by atoms with Crippen LogP contribution in [0, 0.1) is 0 Å². The number of methoxy groups -OCH3 is 1. The predicted octanol–water partition coefficient (Wildman–Crippen LogP) is 4.85. The third kappa shape index (κ3) is 3.78. The third-order valence-corrected chi connectivity index (χ3v) is 4.71. The molecule has 0 spiro atoms.